The lowest BCUT2D eigenvalue weighted by Crippen LogP contribution is -2.37. The maximum absolute atomic E-state index is 13.6. The van der Waals surface area contributed by atoms with Gasteiger partial charge in [-0.15, -0.1) is 0 Å². The number of fused-ring (bicyclic) bond motifs is 1. The Hall–Kier alpha value is -2.70. The van der Waals surface area contributed by atoms with Crippen molar-refractivity contribution in [1.82, 2.24) is 0 Å². The number of ether oxygens (including phenoxy) is 2. The fourth-order valence-corrected chi connectivity index (χ4v) is 7.91. The van der Waals surface area contributed by atoms with Gasteiger partial charge in [-0.1, -0.05) is 70.2 Å². The summed E-state index contributed by atoms with van der Waals surface area (Å²) in [7, 11) is 0. The van der Waals surface area contributed by atoms with Gasteiger partial charge < -0.3 is 9.47 Å². The molecule has 3 aromatic carbocycles. The van der Waals surface area contributed by atoms with E-state index in [-0.39, 0.29) is 22.4 Å². The lowest BCUT2D eigenvalue weighted by Gasteiger charge is -2.42. The highest BCUT2D eigenvalue weighted by Crippen LogP contribution is 2.54. The second kappa shape index (κ2) is 9.99. The zero-order valence-electron chi connectivity index (χ0n) is 23.2. The van der Waals surface area contributed by atoms with Crippen molar-refractivity contribution >= 4 is 54.2 Å². The average Bonchev–Trinajstić information content (AvgIpc) is 2.85. The summed E-state index contributed by atoms with van der Waals surface area (Å²) >= 11 is 7.48. The SMILES string of the molecule is CC1(C)CC(=O)C2=C(C1)OC1=C(C(=O)CC(C)(C)C1)C2c1cc(Br)c(OCc2cccc3ccccc23)c(Br)c1. The monoisotopic (exact) mass is 662 g/mol. The van der Waals surface area contributed by atoms with Crippen molar-refractivity contribution in [3.63, 3.8) is 0 Å². The summed E-state index contributed by atoms with van der Waals surface area (Å²) in [4.78, 5) is 27.2. The second-order valence-corrected chi connectivity index (χ2v) is 14.5. The third kappa shape index (κ3) is 4.98. The van der Waals surface area contributed by atoms with E-state index in [0.29, 0.717) is 49.2 Å². The normalized spacial score (nSPS) is 20.4. The summed E-state index contributed by atoms with van der Waals surface area (Å²) in [6.45, 7) is 8.80. The Bertz CT molecular complexity index is 1560. The van der Waals surface area contributed by atoms with Gasteiger partial charge in [0.2, 0.25) is 0 Å². The lowest BCUT2D eigenvalue weighted by molar-refractivity contribution is -0.120. The van der Waals surface area contributed by atoms with Crippen LogP contribution in [0, 0.1) is 10.8 Å². The van der Waals surface area contributed by atoms with Gasteiger partial charge in [0.25, 0.3) is 0 Å². The van der Waals surface area contributed by atoms with Crippen molar-refractivity contribution in [3.05, 3.63) is 97.3 Å². The van der Waals surface area contributed by atoms with Crippen molar-refractivity contribution in [2.75, 3.05) is 0 Å². The predicted molar refractivity (Wildman–Crippen MR) is 164 cm³/mol. The summed E-state index contributed by atoms with van der Waals surface area (Å²) < 4.78 is 14.3. The zero-order chi connectivity index (χ0) is 28.4. The molecule has 0 N–H and O–H groups in total. The Kier molecular flexibility index (Phi) is 6.86. The van der Waals surface area contributed by atoms with Crippen LogP contribution in [0.4, 0.5) is 0 Å². The highest BCUT2D eigenvalue weighted by Gasteiger charge is 2.48. The minimum Gasteiger partial charge on any atom is -0.487 e. The number of Topliss-reactive ketones (excluding diaryl/α,β-unsaturated/α-hetero) is 2. The van der Waals surface area contributed by atoms with E-state index in [1.165, 1.54) is 5.39 Å². The van der Waals surface area contributed by atoms with E-state index in [0.717, 1.165) is 37.0 Å². The van der Waals surface area contributed by atoms with Gasteiger partial charge in [0.1, 0.15) is 23.9 Å². The molecule has 3 aromatic rings. The van der Waals surface area contributed by atoms with Crippen LogP contribution in [-0.4, -0.2) is 11.6 Å². The smallest absolute Gasteiger partial charge is 0.163 e. The number of allylic oxidation sites excluding steroid dienone is 4. The minimum atomic E-state index is -0.453. The third-order valence-corrected chi connectivity index (χ3v) is 9.37. The summed E-state index contributed by atoms with van der Waals surface area (Å²) in [5.41, 5.74) is 2.87. The van der Waals surface area contributed by atoms with Crippen LogP contribution in [0.5, 0.6) is 5.75 Å². The molecule has 1 heterocycles. The van der Waals surface area contributed by atoms with E-state index in [1.54, 1.807) is 0 Å². The fraction of sp³-hybridized carbons (Fsp3) is 0.353. The van der Waals surface area contributed by atoms with Crippen molar-refractivity contribution < 1.29 is 19.1 Å². The van der Waals surface area contributed by atoms with Crippen LogP contribution in [0.1, 0.15) is 70.4 Å². The van der Waals surface area contributed by atoms with Crippen LogP contribution in [0.25, 0.3) is 10.8 Å². The van der Waals surface area contributed by atoms with Gasteiger partial charge in [-0.3, -0.25) is 9.59 Å². The zero-order valence-corrected chi connectivity index (χ0v) is 26.4. The standard InChI is InChI=1S/C34H32Br2O4/c1-33(2)14-25(37)30-27(16-33)40-28-17-34(3,4)15-26(38)31(28)29(30)21-12-23(35)32(24(36)13-21)39-18-20-10-7-9-19-8-5-6-11-22(19)20/h5-13,29H,14-18H2,1-4H3. The quantitative estimate of drug-likeness (QED) is 0.279. The summed E-state index contributed by atoms with van der Waals surface area (Å²) in [5, 5.41) is 2.33. The Balaban J connectivity index is 1.40. The molecule has 0 saturated heterocycles. The molecule has 0 aromatic heterocycles. The van der Waals surface area contributed by atoms with Crippen LogP contribution in [-0.2, 0) is 20.9 Å². The van der Waals surface area contributed by atoms with Crippen molar-refractivity contribution in [2.45, 2.75) is 65.9 Å². The fourth-order valence-electron chi connectivity index (χ4n) is 6.46. The number of hydrogen-bond donors (Lipinski definition) is 0. The third-order valence-electron chi connectivity index (χ3n) is 8.19. The number of carbonyl (C=O) groups excluding carboxylic acids is 2. The number of rotatable bonds is 4. The lowest BCUT2D eigenvalue weighted by atomic mass is 9.65. The van der Waals surface area contributed by atoms with E-state index < -0.39 is 5.92 Å². The molecule has 0 amide bonds. The summed E-state index contributed by atoms with van der Waals surface area (Å²) in [6.07, 6.45) is 2.21. The number of ketones is 2. The number of halogens is 2. The molecule has 0 atom stereocenters. The van der Waals surface area contributed by atoms with E-state index in [1.807, 2.05) is 30.3 Å². The van der Waals surface area contributed by atoms with Crippen molar-refractivity contribution in [1.29, 1.82) is 0 Å². The Labute approximate surface area is 252 Å². The maximum atomic E-state index is 13.6. The van der Waals surface area contributed by atoms with Gasteiger partial charge in [0, 0.05) is 42.7 Å². The maximum Gasteiger partial charge on any atom is 0.163 e. The minimum absolute atomic E-state index is 0.0592. The van der Waals surface area contributed by atoms with Crippen LogP contribution in [0.2, 0.25) is 0 Å². The molecule has 3 aliphatic rings. The molecular formula is C34H32Br2O4. The Morgan fingerprint density at radius 2 is 1.35 bits per heavy atom. The average molecular weight is 664 g/mol. The van der Waals surface area contributed by atoms with Crippen LogP contribution < -0.4 is 4.74 Å². The van der Waals surface area contributed by atoms with Crippen LogP contribution in [0.3, 0.4) is 0 Å². The van der Waals surface area contributed by atoms with E-state index in [9.17, 15) is 9.59 Å². The molecule has 6 heteroatoms. The number of benzene rings is 3. The second-order valence-electron chi connectivity index (χ2n) is 12.8. The molecule has 206 valence electrons. The molecule has 40 heavy (non-hydrogen) atoms. The predicted octanol–water partition coefficient (Wildman–Crippen LogP) is 9.34. The largest absolute Gasteiger partial charge is 0.487 e. The van der Waals surface area contributed by atoms with Crippen molar-refractivity contribution in [2.24, 2.45) is 10.8 Å². The number of hydrogen-bond acceptors (Lipinski definition) is 4. The van der Waals surface area contributed by atoms with E-state index >= 15 is 0 Å². The van der Waals surface area contributed by atoms with Gasteiger partial charge >= 0.3 is 0 Å². The van der Waals surface area contributed by atoms with Crippen molar-refractivity contribution in [3.8, 4) is 5.75 Å². The van der Waals surface area contributed by atoms with Gasteiger partial charge in [0.05, 0.1) is 8.95 Å². The molecule has 4 nitrogen and oxygen atoms in total. The topological polar surface area (TPSA) is 52.6 Å². The number of carbonyl (C=O) groups is 2. The Morgan fingerprint density at radius 1 is 0.800 bits per heavy atom. The molecule has 1 aliphatic heterocycles. The van der Waals surface area contributed by atoms with E-state index in [4.69, 9.17) is 9.47 Å². The Morgan fingerprint density at radius 3 is 1.95 bits per heavy atom. The van der Waals surface area contributed by atoms with Crippen LogP contribution >= 0.6 is 31.9 Å². The molecule has 0 spiro atoms. The summed E-state index contributed by atoms with van der Waals surface area (Å²) in [6, 6.07) is 18.5. The van der Waals surface area contributed by atoms with Gasteiger partial charge in [-0.2, -0.15) is 0 Å². The highest BCUT2D eigenvalue weighted by atomic mass is 79.9. The molecule has 0 fully saturated rings. The first-order valence-corrected chi connectivity index (χ1v) is 15.3. The van der Waals surface area contributed by atoms with Crippen LogP contribution in [0.15, 0.2) is 86.2 Å². The molecular weight excluding hydrogens is 632 g/mol. The molecule has 0 unspecified atom stereocenters. The van der Waals surface area contributed by atoms with E-state index in [2.05, 4.69) is 83.8 Å². The first-order chi connectivity index (χ1) is 18.9. The molecule has 0 bridgehead atoms. The molecule has 0 radical (unpaired) electrons. The highest BCUT2D eigenvalue weighted by molar-refractivity contribution is 9.11. The van der Waals surface area contributed by atoms with Gasteiger partial charge in [0.15, 0.2) is 11.6 Å². The van der Waals surface area contributed by atoms with Gasteiger partial charge in [-0.25, -0.2) is 0 Å². The molecule has 6 rings (SSSR count). The van der Waals surface area contributed by atoms with Gasteiger partial charge in [-0.05, 0) is 76.7 Å². The first kappa shape index (κ1) is 27.5. The molecule has 2 aliphatic carbocycles. The molecule has 0 saturated carbocycles. The first-order valence-electron chi connectivity index (χ1n) is 13.7. The summed E-state index contributed by atoms with van der Waals surface area (Å²) in [5.74, 6) is 1.79.